The van der Waals surface area contributed by atoms with Gasteiger partial charge in [-0.05, 0) is 55.3 Å². The number of rotatable bonds is 14. The zero-order valence-corrected chi connectivity index (χ0v) is 20.5. The van der Waals surface area contributed by atoms with Gasteiger partial charge in [0.2, 0.25) is 0 Å². The van der Waals surface area contributed by atoms with Crippen LogP contribution in [0, 0.1) is 0 Å². The van der Waals surface area contributed by atoms with Crippen LogP contribution in [0.4, 0.5) is 10.5 Å². The predicted molar refractivity (Wildman–Crippen MR) is 132 cm³/mol. The SMILES string of the molecule is COCCOCCN(CCCNC(=O)Nc1ccc(Cl)c(Cl)c1)CCc1ccc(Cl)cc1. The molecule has 0 unspecified atom stereocenters. The first-order chi connectivity index (χ1) is 15.5. The molecule has 0 saturated carbocycles. The van der Waals surface area contributed by atoms with Gasteiger partial charge in [0.25, 0.3) is 0 Å². The Bertz CT molecular complexity index is 822. The molecule has 0 aliphatic rings. The summed E-state index contributed by atoms with van der Waals surface area (Å²) in [6, 6.07) is 12.6. The second-order valence-electron chi connectivity index (χ2n) is 7.19. The van der Waals surface area contributed by atoms with Crippen LogP contribution in [0.2, 0.25) is 15.1 Å². The molecule has 6 nitrogen and oxygen atoms in total. The van der Waals surface area contributed by atoms with Crippen molar-refractivity contribution in [2.75, 3.05) is 58.4 Å². The van der Waals surface area contributed by atoms with Crippen molar-refractivity contribution in [1.29, 1.82) is 0 Å². The topological polar surface area (TPSA) is 62.8 Å². The number of methoxy groups -OCH3 is 1. The fraction of sp³-hybridized carbons (Fsp3) is 0.435. The summed E-state index contributed by atoms with van der Waals surface area (Å²) in [5, 5.41) is 7.21. The third-order valence-electron chi connectivity index (χ3n) is 4.73. The third kappa shape index (κ3) is 10.9. The second kappa shape index (κ2) is 15.3. The Morgan fingerprint density at radius 2 is 1.72 bits per heavy atom. The number of benzene rings is 2. The molecule has 0 aromatic heterocycles. The first kappa shape index (κ1) is 26.7. The molecule has 0 radical (unpaired) electrons. The maximum absolute atomic E-state index is 12.1. The lowest BCUT2D eigenvalue weighted by Crippen LogP contribution is -2.35. The van der Waals surface area contributed by atoms with E-state index in [0.29, 0.717) is 42.1 Å². The minimum absolute atomic E-state index is 0.279. The number of hydrogen-bond acceptors (Lipinski definition) is 4. The molecule has 2 aromatic rings. The summed E-state index contributed by atoms with van der Waals surface area (Å²) >= 11 is 17.8. The monoisotopic (exact) mass is 501 g/mol. The smallest absolute Gasteiger partial charge is 0.319 e. The number of ether oxygens (including phenoxy) is 2. The lowest BCUT2D eigenvalue weighted by Gasteiger charge is -2.22. The van der Waals surface area contributed by atoms with Crippen molar-refractivity contribution in [3.05, 3.63) is 63.1 Å². The summed E-state index contributed by atoms with van der Waals surface area (Å²) in [7, 11) is 1.66. The highest BCUT2D eigenvalue weighted by Gasteiger charge is 2.08. The highest BCUT2D eigenvalue weighted by atomic mass is 35.5. The highest BCUT2D eigenvalue weighted by molar-refractivity contribution is 6.42. The molecular formula is C23H30Cl3N3O3. The van der Waals surface area contributed by atoms with E-state index in [4.69, 9.17) is 44.3 Å². The number of anilines is 1. The molecule has 2 N–H and O–H groups in total. The van der Waals surface area contributed by atoms with Crippen LogP contribution in [0.15, 0.2) is 42.5 Å². The molecular weight excluding hydrogens is 473 g/mol. The average molecular weight is 503 g/mol. The number of carbonyl (C=O) groups is 1. The van der Waals surface area contributed by atoms with Crippen molar-refractivity contribution < 1.29 is 14.3 Å². The van der Waals surface area contributed by atoms with E-state index in [-0.39, 0.29) is 6.03 Å². The molecule has 32 heavy (non-hydrogen) atoms. The fourth-order valence-electron chi connectivity index (χ4n) is 2.97. The van der Waals surface area contributed by atoms with Crippen LogP contribution >= 0.6 is 34.8 Å². The minimum Gasteiger partial charge on any atom is -0.382 e. The number of amides is 2. The minimum atomic E-state index is -0.279. The van der Waals surface area contributed by atoms with Gasteiger partial charge in [0.05, 0.1) is 29.9 Å². The predicted octanol–water partition coefficient (Wildman–Crippen LogP) is 5.37. The molecule has 0 fully saturated rings. The lowest BCUT2D eigenvalue weighted by molar-refractivity contribution is 0.0571. The first-order valence-electron chi connectivity index (χ1n) is 10.5. The molecule has 0 bridgehead atoms. The van der Waals surface area contributed by atoms with E-state index in [9.17, 15) is 4.79 Å². The van der Waals surface area contributed by atoms with Gasteiger partial charge in [-0.25, -0.2) is 4.79 Å². The molecule has 0 saturated heterocycles. The number of hydrogen-bond donors (Lipinski definition) is 2. The maximum Gasteiger partial charge on any atom is 0.319 e. The van der Waals surface area contributed by atoms with Crippen molar-refractivity contribution in [2.45, 2.75) is 12.8 Å². The van der Waals surface area contributed by atoms with Crippen LogP contribution in [0.25, 0.3) is 0 Å². The van der Waals surface area contributed by atoms with Crippen LogP contribution in [0.1, 0.15) is 12.0 Å². The van der Waals surface area contributed by atoms with Crippen LogP contribution in [0.3, 0.4) is 0 Å². The van der Waals surface area contributed by atoms with Crippen molar-refractivity contribution in [2.24, 2.45) is 0 Å². The van der Waals surface area contributed by atoms with E-state index in [0.717, 1.165) is 37.5 Å². The molecule has 176 valence electrons. The zero-order chi connectivity index (χ0) is 23.2. The summed E-state index contributed by atoms with van der Waals surface area (Å²) in [5.74, 6) is 0. The van der Waals surface area contributed by atoms with E-state index >= 15 is 0 Å². The summed E-state index contributed by atoms with van der Waals surface area (Å²) in [5.41, 5.74) is 1.83. The number of carbonyl (C=O) groups excluding carboxylic acids is 1. The molecule has 0 aliphatic carbocycles. The average Bonchev–Trinajstić information content (AvgIpc) is 2.78. The van der Waals surface area contributed by atoms with Gasteiger partial charge < -0.3 is 25.0 Å². The van der Waals surface area contributed by atoms with Crippen LogP contribution < -0.4 is 10.6 Å². The summed E-state index contributed by atoms with van der Waals surface area (Å²) < 4.78 is 10.6. The Kier molecular flexibility index (Phi) is 12.8. The van der Waals surface area contributed by atoms with E-state index < -0.39 is 0 Å². The van der Waals surface area contributed by atoms with Crippen LogP contribution in [-0.2, 0) is 15.9 Å². The molecule has 2 rings (SSSR count). The second-order valence-corrected chi connectivity index (χ2v) is 8.44. The normalized spacial score (nSPS) is 11.0. The van der Waals surface area contributed by atoms with E-state index in [2.05, 4.69) is 15.5 Å². The third-order valence-corrected chi connectivity index (χ3v) is 5.72. The Morgan fingerprint density at radius 1 is 0.938 bits per heavy atom. The molecule has 0 spiro atoms. The standard InChI is InChI=1S/C23H30Cl3N3O3/c1-31-15-16-32-14-13-29(12-9-18-3-5-19(24)6-4-18)11-2-10-27-23(30)28-20-7-8-21(25)22(26)17-20/h3-8,17H,2,9-16H2,1H3,(H2,27,28,30). The van der Waals surface area contributed by atoms with Gasteiger partial charge in [0.15, 0.2) is 0 Å². The quantitative estimate of drug-likeness (QED) is 0.341. The summed E-state index contributed by atoms with van der Waals surface area (Å²) in [6.45, 7) is 4.90. The fourth-order valence-corrected chi connectivity index (χ4v) is 3.39. The van der Waals surface area contributed by atoms with Gasteiger partial charge in [0.1, 0.15) is 0 Å². The zero-order valence-electron chi connectivity index (χ0n) is 18.2. The highest BCUT2D eigenvalue weighted by Crippen LogP contribution is 2.24. The molecule has 9 heteroatoms. The summed E-state index contributed by atoms with van der Waals surface area (Å²) in [6.07, 6.45) is 1.73. The van der Waals surface area contributed by atoms with Crippen molar-refractivity contribution in [3.63, 3.8) is 0 Å². The number of halogens is 3. The van der Waals surface area contributed by atoms with Crippen molar-refractivity contribution in [1.82, 2.24) is 10.2 Å². The Morgan fingerprint density at radius 3 is 2.44 bits per heavy atom. The number of nitrogens with zero attached hydrogens (tertiary/aromatic N) is 1. The van der Waals surface area contributed by atoms with Gasteiger partial charge in [-0.15, -0.1) is 0 Å². The van der Waals surface area contributed by atoms with Gasteiger partial charge in [-0.3, -0.25) is 0 Å². The first-order valence-corrected chi connectivity index (χ1v) is 11.6. The summed E-state index contributed by atoms with van der Waals surface area (Å²) in [4.78, 5) is 14.4. The van der Waals surface area contributed by atoms with Gasteiger partial charge in [-0.2, -0.15) is 0 Å². The lowest BCUT2D eigenvalue weighted by atomic mass is 10.1. The van der Waals surface area contributed by atoms with E-state index in [1.165, 1.54) is 5.56 Å². The number of urea groups is 1. The Balaban J connectivity index is 1.73. The molecule has 0 atom stereocenters. The van der Waals surface area contributed by atoms with Gasteiger partial charge in [0, 0.05) is 37.5 Å². The molecule has 2 aromatic carbocycles. The number of nitrogens with one attached hydrogen (secondary N) is 2. The molecule has 2 amide bonds. The van der Waals surface area contributed by atoms with E-state index in [1.807, 2.05) is 24.3 Å². The van der Waals surface area contributed by atoms with Crippen LogP contribution in [-0.4, -0.2) is 64.0 Å². The van der Waals surface area contributed by atoms with Crippen molar-refractivity contribution in [3.8, 4) is 0 Å². The van der Waals surface area contributed by atoms with Gasteiger partial charge >= 0.3 is 6.03 Å². The molecule has 0 heterocycles. The Labute approximate surface area is 205 Å². The van der Waals surface area contributed by atoms with Crippen molar-refractivity contribution >= 4 is 46.5 Å². The molecule has 0 aliphatic heterocycles. The van der Waals surface area contributed by atoms with E-state index in [1.54, 1.807) is 25.3 Å². The van der Waals surface area contributed by atoms with Crippen LogP contribution in [0.5, 0.6) is 0 Å². The van der Waals surface area contributed by atoms with Gasteiger partial charge in [-0.1, -0.05) is 46.9 Å². The largest absolute Gasteiger partial charge is 0.382 e. The Hall–Kier alpha value is -1.54. The maximum atomic E-state index is 12.1.